The van der Waals surface area contributed by atoms with Crippen molar-refractivity contribution >= 4 is 62.2 Å². The van der Waals surface area contributed by atoms with Crippen LogP contribution in [0.15, 0.2) is 39.7 Å². The van der Waals surface area contributed by atoms with Crippen molar-refractivity contribution in [2.45, 2.75) is 13.8 Å². The number of aryl methyl sites for hydroxylation is 1. The number of aliphatic carboxylic acids is 1. The molecule has 5 nitrogen and oxygen atoms in total. The van der Waals surface area contributed by atoms with E-state index in [1.807, 2.05) is 44.2 Å². The molecule has 3 rings (SSSR count). The molecule has 1 aromatic heterocycles. The van der Waals surface area contributed by atoms with Crippen LogP contribution in [0.3, 0.4) is 0 Å². The van der Waals surface area contributed by atoms with Gasteiger partial charge in [0.15, 0.2) is 0 Å². The molecule has 1 fully saturated rings. The van der Waals surface area contributed by atoms with E-state index in [1.54, 1.807) is 6.08 Å². The zero-order valence-corrected chi connectivity index (χ0v) is 17.2. The maximum absolute atomic E-state index is 12.5. The topological polar surface area (TPSA) is 62.5 Å². The third-order valence-corrected chi connectivity index (χ3v) is 6.07. The van der Waals surface area contributed by atoms with Crippen molar-refractivity contribution in [3.8, 4) is 5.69 Å². The average Bonchev–Trinajstić information content (AvgIpc) is 2.99. The Morgan fingerprint density at radius 3 is 2.69 bits per heavy atom. The molecule has 1 N–H and O–H groups in total. The van der Waals surface area contributed by atoms with E-state index in [0.29, 0.717) is 4.91 Å². The fourth-order valence-corrected chi connectivity index (χ4v) is 4.56. The van der Waals surface area contributed by atoms with E-state index in [2.05, 4.69) is 20.5 Å². The van der Waals surface area contributed by atoms with Crippen LogP contribution in [0.4, 0.5) is 0 Å². The second kappa shape index (κ2) is 7.38. The van der Waals surface area contributed by atoms with Crippen molar-refractivity contribution in [1.82, 2.24) is 9.47 Å². The molecule has 8 heteroatoms. The summed E-state index contributed by atoms with van der Waals surface area (Å²) >= 11 is 9.84. The van der Waals surface area contributed by atoms with E-state index in [0.717, 1.165) is 43.8 Å². The Hall–Kier alpha value is -1.90. The first-order valence-corrected chi connectivity index (χ1v) is 9.72. The number of carbonyl (C=O) groups is 2. The quantitative estimate of drug-likeness (QED) is 0.559. The number of halogens is 1. The fraction of sp³-hybridized carbons (Fsp3) is 0.167. The van der Waals surface area contributed by atoms with Crippen molar-refractivity contribution in [3.63, 3.8) is 0 Å². The molecule has 0 atom stereocenters. The van der Waals surface area contributed by atoms with Gasteiger partial charge in [0.2, 0.25) is 0 Å². The van der Waals surface area contributed by atoms with Crippen molar-refractivity contribution in [1.29, 1.82) is 0 Å². The molecular weight excluding hydrogens is 436 g/mol. The van der Waals surface area contributed by atoms with E-state index in [-0.39, 0.29) is 10.2 Å². The number of aromatic nitrogens is 1. The third-order valence-electron chi connectivity index (χ3n) is 4.02. The van der Waals surface area contributed by atoms with Crippen LogP contribution in [0.5, 0.6) is 0 Å². The molecule has 0 spiro atoms. The minimum atomic E-state index is -1.09. The van der Waals surface area contributed by atoms with E-state index < -0.39 is 12.5 Å². The maximum atomic E-state index is 12.5. The van der Waals surface area contributed by atoms with Crippen LogP contribution in [0.1, 0.15) is 17.0 Å². The van der Waals surface area contributed by atoms with Gasteiger partial charge in [-0.25, -0.2) is 0 Å². The molecule has 1 amide bonds. The largest absolute Gasteiger partial charge is 0.480 e. The summed E-state index contributed by atoms with van der Waals surface area (Å²) in [7, 11) is 0. The molecule has 0 unspecified atom stereocenters. The lowest BCUT2D eigenvalue weighted by atomic mass is 10.2. The predicted octanol–water partition coefficient (Wildman–Crippen LogP) is 4.14. The van der Waals surface area contributed by atoms with Gasteiger partial charge in [-0.05, 0) is 59.6 Å². The molecule has 26 heavy (non-hydrogen) atoms. The van der Waals surface area contributed by atoms with Gasteiger partial charge in [0, 0.05) is 15.9 Å². The number of benzene rings is 1. The van der Waals surface area contributed by atoms with E-state index in [1.165, 1.54) is 0 Å². The number of para-hydroxylation sites is 1. The third kappa shape index (κ3) is 3.49. The average molecular weight is 451 g/mol. The van der Waals surface area contributed by atoms with Crippen molar-refractivity contribution in [2.75, 3.05) is 6.54 Å². The molecule has 2 aromatic rings. The highest BCUT2D eigenvalue weighted by molar-refractivity contribution is 9.10. The second-order valence-corrected chi connectivity index (χ2v) is 8.30. The standard InChI is InChI=1S/C18H15BrN2O3S2/c1-10-7-12(11(2)21(10)14-6-4-3-5-13(14)19)8-15-17(24)20(9-16(22)23)18(25)26-15/h3-8H,9H2,1-2H3,(H,22,23). The van der Waals surface area contributed by atoms with E-state index >= 15 is 0 Å². The second-order valence-electron chi connectivity index (χ2n) is 5.77. The summed E-state index contributed by atoms with van der Waals surface area (Å²) in [6, 6.07) is 9.91. The molecule has 134 valence electrons. The van der Waals surface area contributed by atoms with Crippen LogP contribution in [-0.2, 0) is 9.59 Å². The minimum absolute atomic E-state index is 0.267. The van der Waals surface area contributed by atoms with E-state index in [9.17, 15) is 9.59 Å². The van der Waals surface area contributed by atoms with Gasteiger partial charge in [-0.2, -0.15) is 0 Å². The highest BCUT2D eigenvalue weighted by atomic mass is 79.9. The summed E-state index contributed by atoms with van der Waals surface area (Å²) in [6.45, 7) is 3.56. The summed E-state index contributed by atoms with van der Waals surface area (Å²) in [5, 5.41) is 8.93. The Morgan fingerprint density at radius 2 is 2.04 bits per heavy atom. The predicted molar refractivity (Wildman–Crippen MR) is 110 cm³/mol. The molecule has 1 aliphatic heterocycles. The van der Waals surface area contributed by atoms with Crippen LogP contribution < -0.4 is 0 Å². The minimum Gasteiger partial charge on any atom is -0.480 e. The normalized spacial score (nSPS) is 16.0. The maximum Gasteiger partial charge on any atom is 0.323 e. The number of carboxylic acids is 1. The Morgan fingerprint density at radius 1 is 1.35 bits per heavy atom. The molecule has 0 bridgehead atoms. The van der Waals surface area contributed by atoms with Crippen LogP contribution in [0.25, 0.3) is 11.8 Å². The molecule has 0 radical (unpaired) electrons. The fourth-order valence-electron chi connectivity index (χ4n) is 2.85. The number of amides is 1. The zero-order chi connectivity index (χ0) is 19.0. The number of thiocarbonyl (C=S) groups is 1. The molecule has 1 aromatic carbocycles. The van der Waals surface area contributed by atoms with Crippen LogP contribution in [0.2, 0.25) is 0 Å². The first-order valence-electron chi connectivity index (χ1n) is 7.70. The summed E-state index contributed by atoms with van der Waals surface area (Å²) in [4.78, 5) is 24.9. The first-order chi connectivity index (χ1) is 12.3. The summed E-state index contributed by atoms with van der Waals surface area (Å²) in [6.07, 6.45) is 1.77. The highest BCUT2D eigenvalue weighted by Gasteiger charge is 2.33. The monoisotopic (exact) mass is 450 g/mol. The Bertz CT molecular complexity index is 965. The number of hydrogen-bond donors (Lipinski definition) is 1. The Kier molecular flexibility index (Phi) is 5.36. The summed E-state index contributed by atoms with van der Waals surface area (Å²) in [5.74, 6) is -1.46. The summed E-state index contributed by atoms with van der Waals surface area (Å²) in [5.41, 5.74) is 3.93. The van der Waals surface area contributed by atoms with Gasteiger partial charge in [0.1, 0.15) is 10.9 Å². The summed E-state index contributed by atoms with van der Waals surface area (Å²) < 4.78 is 3.35. The lowest BCUT2D eigenvalue weighted by Gasteiger charge is -2.11. The first kappa shape index (κ1) is 18.9. The van der Waals surface area contributed by atoms with Crippen LogP contribution in [0, 0.1) is 13.8 Å². The Labute approximate surface area is 168 Å². The molecular formula is C18H15BrN2O3S2. The number of carboxylic acid groups (broad SMARTS) is 1. The van der Waals surface area contributed by atoms with Gasteiger partial charge in [-0.3, -0.25) is 14.5 Å². The smallest absolute Gasteiger partial charge is 0.323 e. The number of nitrogens with zero attached hydrogens (tertiary/aromatic N) is 2. The molecule has 2 heterocycles. The van der Waals surface area contributed by atoms with E-state index in [4.69, 9.17) is 17.3 Å². The molecule has 1 aliphatic rings. The van der Waals surface area contributed by atoms with Crippen LogP contribution in [-0.4, -0.2) is 37.3 Å². The zero-order valence-electron chi connectivity index (χ0n) is 14.0. The van der Waals surface area contributed by atoms with Crippen molar-refractivity contribution in [2.24, 2.45) is 0 Å². The van der Waals surface area contributed by atoms with Crippen LogP contribution >= 0.6 is 39.9 Å². The highest BCUT2D eigenvalue weighted by Crippen LogP contribution is 2.34. The molecule has 1 saturated heterocycles. The number of thioether (sulfide) groups is 1. The van der Waals surface area contributed by atoms with Crippen molar-refractivity contribution < 1.29 is 14.7 Å². The number of hydrogen-bond acceptors (Lipinski definition) is 4. The lowest BCUT2D eigenvalue weighted by Crippen LogP contribution is -2.33. The van der Waals surface area contributed by atoms with Gasteiger partial charge in [0.05, 0.1) is 10.6 Å². The van der Waals surface area contributed by atoms with Gasteiger partial charge in [-0.1, -0.05) is 36.1 Å². The van der Waals surface area contributed by atoms with Crippen molar-refractivity contribution in [3.05, 3.63) is 56.7 Å². The van der Waals surface area contributed by atoms with Gasteiger partial charge in [0.25, 0.3) is 5.91 Å². The van der Waals surface area contributed by atoms with Gasteiger partial charge >= 0.3 is 5.97 Å². The lowest BCUT2D eigenvalue weighted by molar-refractivity contribution is -0.140. The molecule has 0 aliphatic carbocycles. The number of rotatable bonds is 4. The molecule has 0 saturated carbocycles. The van der Waals surface area contributed by atoms with Gasteiger partial charge in [-0.15, -0.1) is 0 Å². The number of carbonyl (C=O) groups excluding carboxylic acids is 1. The Balaban J connectivity index is 2.00. The SMILES string of the molecule is Cc1cc(C=C2SC(=S)N(CC(=O)O)C2=O)c(C)n1-c1ccccc1Br. The van der Waals surface area contributed by atoms with Gasteiger partial charge < -0.3 is 9.67 Å².